The van der Waals surface area contributed by atoms with Gasteiger partial charge in [-0.25, -0.2) is 4.79 Å². The van der Waals surface area contributed by atoms with Gasteiger partial charge in [0.1, 0.15) is 5.75 Å². The second kappa shape index (κ2) is 6.92. The van der Waals surface area contributed by atoms with Crippen LogP contribution < -0.4 is 5.56 Å². The number of aromatic hydroxyl groups is 1. The largest absolute Gasteiger partial charge is 0.506 e. The number of carboxylic acid groups (broad SMARTS) is 1. The zero-order valence-corrected chi connectivity index (χ0v) is 15.8. The molecule has 27 heavy (non-hydrogen) atoms. The molecule has 2 aromatic heterocycles. The summed E-state index contributed by atoms with van der Waals surface area (Å²) in [5.41, 5.74) is 2.07. The van der Waals surface area contributed by atoms with Gasteiger partial charge in [0.05, 0.1) is 5.69 Å². The second-order valence-corrected chi connectivity index (χ2v) is 6.86. The van der Waals surface area contributed by atoms with E-state index in [0.29, 0.717) is 23.2 Å². The van der Waals surface area contributed by atoms with Gasteiger partial charge in [-0.2, -0.15) is 0 Å². The van der Waals surface area contributed by atoms with Crippen molar-refractivity contribution in [2.24, 2.45) is 0 Å². The molecule has 0 saturated carbocycles. The number of nitrogens with zero attached hydrogens (tertiary/aromatic N) is 1. The van der Waals surface area contributed by atoms with Gasteiger partial charge in [-0.15, -0.1) is 0 Å². The fourth-order valence-electron chi connectivity index (χ4n) is 3.23. The molecule has 0 aliphatic heterocycles. The van der Waals surface area contributed by atoms with E-state index in [1.54, 1.807) is 6.92 Å². The molecule has 3 aromatic rings. The van der Waals surface area contributed by atoms with Gasteiger partial charge in [0, 0.05) is 28.4 Å². The normalized spacial score (nSPS) is 12.6. The lowest BCUT2D eigenvalue weighted by atomic mass is 10.00. The minimum atomic E-state index is -1.45. The van der Waals surface area contributed by atoms with Crippen molar-refractivity contribution in [3.05, 3.63) is 51.4 Å². The lowest BCUT2D eigenvalue weighted by Crippen LogP contribution is -2.20. The molecule has 4 N–H and O–H groups in total. The number of carboxylic acids is 1. The summed E-state index contributed by atoms with van der Waals surface area (Å²) in [4.78, 5) is 31.6. The van der Waals surface area contributed by atoms with Crippen molar-refractivity contribution < 1.29 is 15.0 Å². The van der Waals surface area contributed by atoms with Gasteiger partial charge in [-0.1, -0.05) is 19.1 Å². The van der Waals surface area contributed by atoms with Crippen molar-refractivity contribution in [1.29, 1.82) is 0 Å². The molecular formula is C20H23N3O4. The molecular weight excluding hydrogens is 346 g/mol. The molecule has 0 aliphatic carbocycles. The van der Waals surface area contributed by atoms with Gasteiger partial charge < -0.3 is 25.1 Å². The monoisotopic (exact) mass is 369 g/mol. The maximum atomic E-state index is 12.2. The average molecular weight is 369 g/mol. The van der Waals surface area contributed by atoms with E-state index in [1.165, 1.54) is 0 Å². The van der Waals surface area contributed by atoms with Crippen molar-refractivity contribution >= 4 is 16.9 Å². The minimum absolute atomic E-state index is 0.214. The standard InChI is InChI=1S/C20H23N3O4/c1-5-13-17(22-19(25)16(18(13)24)20(26)27)12-7-6-11-8-14(10(2)23(3)4)21-15(11)9-12/h6-10,21H,5H2,1-4H3,(H,26,27)(H2,22,24,25). The van der Waals surface area contributed by atoms with E-state index in [4.69, 9.17) is 0 Å². The Hall–Kier alpha value is -3.06. The Morgan fingerprint density at radius 1 is 1.22 bits per heavy atom. The van der Waals surface area contributed by atoms with Crippen LogP contribution in [0.15, 0.2) is 29.1 Å². The lowest BCUT2D eigenvalue weighted by Gasteiger charge is -2.17. The van der Waals surface area contributed by atoms with E-state index in [0.717, 1.165) is 16.6 Å². The summed E-state index contributed by atoms with van der Waals surface area (Å²) in [6.45, 7) is 3.90. The molecule has 0 spiro atoms. The number of hydrogen-bond acceptors (Lipinski definition) is 4. The van der Waals surface area contributed by atoms with Crippen molar-refractivity contribution in [2.45, 2.75) is 26.3 Å². The van der Waals surface area contributed by atoms with E-state index in [9.17, 15) is 19.8 Å². The van der Waals surface area contributed by atoms with E-state index in [1.807, 2.05) is 32.3 Å². The summed E-state index contributed by atoms with van der Waals surface area (Å²) in [5, 5.41) is 20.5. The summed E-state index contributed by atoms with van der Waals surface area (Å²) in [7, 11) is 4.01. The van der Waals surface area contributed by atoms with Gasteiger partial charge >= 0.3 is 5.97 Å². The third-order valence-electron chi connectivity index (χ3n) is 5.01. The van der Waals surface area contributed by atoms with Crippen molar-refractivity contribution in [2.75, 3.05) is 14.1 Å². The minimum Gasteiger partial charge on any atom is -0.506 e. The first-order chi connectivity index (χ1) is 12.7. The van der Waals surface area contributed by atoms with Crippen LogP contribution >= 0.6 is 0 Å². The number of carbonyl (C=O) groups is 1. The first kappa shape index (κ1) is 18.7. The zero-order chi connectivity index (χ0) is 19.9. The molecule has 0 fully saturated rings. The van der Waals surface area contributed by atoms with Crippen LogP contribution in [0, 0.1) is 0 Å². The average Bonchev–Trinajstić information content (AvgIpc) is 3.03. The zero-order valence-electron chi connectivity index (χ0n) is 15.8. The maximum absolute atomic E-state index is 12.2. The molecule has 142 valence electrons. The first-order valence-electron chi connectivity index (χ1n) is 8.75. The van der Waals surface area contributed by atoms with Crippen LogP contribution in [0.3, 0.4) is 0 Å². The summed E-state index contributed by atoms with van der Waals surface area (Å²) >= 11 is 0. The fraction of sp³-hybridized carbons (Fsp3) is 0.300. The van der Waals surface area contributed by atoms with Gasteiger partial charge in [-0.3, -0.25) is 4.79 Å². The Labute approximate surface area is 156 Å². The molecule has 1 atom stereocenters. The summed E-state index contributed by atoms with van der Waals surface area (Å²) in [6, 6.07) is 7.98. The highest BCUT2D eigenvalue weighted by atomic mass is 16.4. The number of aromatic carboxylic acids is 1. The Kier molecular flexibility index (Phi) is 4.80. The van der Waals surface area contributed by atoms with E-state index in [2.05, 4.69) is 27.9 Å². The highest BCUT2D eigenvalue weighted by Gasteiger charge is 2.22. The number of aromatic amines is 2. The quantitative estimate of drug-likeness (QED) is 0.552. The highest BCUT2D eigenvalue weighted by Crippen LogP contribution is 2.32. The van der Waals surface area contributed by atoms with Crippen molar-refractivity contribution in [3.63, 3.8) is 0 Å². The lowest BCUT2D eigenvalue weighted by molar-refractivity contribution is 0.0691. The summed E-state index contributed by atoms with van der Waals surface area (Å²) in [6.07, 6.45) is 0.379. The number of benzene rings is 1. The smallest absolute Gasteiger partial charge is 0.345 e. The number of pyridine rings is 1. The number of fused-ring (bicyclic) bond motifs is 1. The van der Waals surface area contributed by atoms with Gasteiger partial charge in [0.25, 0.3) is 5.56 Å². The number of nitrogens with one attached hydrogen (secondary N) is 2. The molecule has 0 bridgehead atoms. The molecule has 3 rings (SSSR count). The van der Waals surface area contributed by atoms with Crippen LogP contribution in [0.25, 0.3) is 22.2 Å². The Balaban J connectivity index is 2.18. The SMILES string of the molecule is CCc1c(-c2ccc3cc(C(C)N(C)C)[nH]c3c2)[nH]c(=O)c(C(=O)O)c1O. The van der Waals surface area contributed by atoms with E-state index < -0.39 is 22.8 Å². The molecule has 0 radical (unpaired) electrons. The third kappa shape index (κ3) is 3.21. The predicted molar refractivity (Wildman–Crippen MR) is 104 cm³/mol. The second-order valence-electron chi connectivity index (χ2n) is 6.86. The Morgan fingerprint density at radius 3 is 2.52 bits per heavy atom. The van der Waals surface area contributed by atoms with Crippen molar-refractivity contribution in [3.8, 4) is 17.0 Å². The van der Waals surface area contributed by atoms with Crippen LogP contribution in [0.2, 0.25) is 0 Å². The first-order valence-corrected chi connectivity index (χ1v) is 8.75. The number of H-pyrrole nitrogens is 2. The van der Waals surface area contributed by atoms with E-state index in [-0.39, 0.29) is 6.04 Å². The van der Waals surface area contributed by atoms with E-state index >= 15 is 0 Å². The predicted octanol–water partition coefficient (Wildman–Crippen LogP) is 3.11. The molecule has 0 amide bonds. The highest BCUT2D eigenvalue weighted by molar-refractivity contribution is 5.92. The third-order valence-corrected chi connectivity index (χ3v) is 5.01. The fourth-order valence-corrected chi connectivity index (χ4v) is 3.23. The van der Waals surface area contributed by atoms with Crippen LogP contribution in [-0.2, 0) is 6.42 Å². The topological polar surface area (TPSA) is 109 Å². The summed E-state index contributed by atoms with van der Waals surface area (Å²) < 4.78 is 0. The molecule has 2 heterocycles. The molecule has 1 aromatic carbocycles. The Bertz CT molecular complexity index is 1080. The maximum Gasteiger partial charge on any atom is 0.345 e. The van der Waals surface area contributed by atoms with Crippen LogP contribution in [0.1, 0.15) is 41.5 Å². The summed E-state index contributed by atoms with van der Waals surface area (Å²) in [5.74, 6) is -1.92. The molecule has 0 saturated heterocycles. The molecule has 0 aliphatic rings. The number of rotatable bonds is 5. The number of hydrogen-bond donors (Lipinski definition) is 4. The Morgan fingerprint density at radius 2 is 1.93 bits per heavy atom. The van der Waals surface area contributed by atoms with Crippen LogP contribution in [-0.4, -0.2) is 45.1 Å². The molecule has 1 unspecified atom stereocenters. The van der Waals surface area contributed by atoms with Crippen molar-refractivity contribution in [1.82, 2.24) is 14.9 Å². The van der Waals surface area contributed by atoms with Gasteiger partial charge in [0.15, 0.2) is 5.56 Å². The van der Waals surface area contributed by atoms with Gasteiger partial charge in [0.2, 0.25) is 0 Å². The van der Waals surface area contributed by atoms with Crippen LogP contribution in [0.5, 0.6) is 5.75 Å². The van der Waals surface area contributed by atoms with Gasteiger partial charge in [-0.05, 0) is 45.0 Å². The van der Waals surface area contributed by atoms with Crippen LogP contribution in [0.4, 0.5) is 0 Å². The number of aromatic nitrogens is 2. The molecule has 7 heteroatoms. The molecule has 7 nitrogen and oxygen atoms in total.